The van der Waals surface area contributed by atoms with Crippen molar-refractivity contribution in [1.29, 1.82) is 0 Å². The number of benzene rings is 3. The molecule has 6 heterocycles. The summed E-state index contributed by atoms with van der Waals surface area (Å²) in [6.45, 7) is 12.8. The first kappa shape index (κ1) is 45.4. The quantitative estimate of drug-likeness (QED) is 0.0825. The van der Waals surface area contributed by atoms with Crippen LogP contribution < -0.4 is 20.4 Å². The number of aromatic amines is 2. The minimum Gasteiger partial charge on any atom is -0.453 e. The van der Waals surface area contributed by atoms with Crippen molar-refractivity contribution >= 4 is 51.3 Å². The maximum atomic E-state index is 13.9. The highest BCUT2D eigenvalue weighted by Gasteiger charge is 2.40. The van der Waals surface area contributed by atoms with Gasteiger partial charge in [-0.05, 0) is 110 Å². The van der Waals surface area contributed by atoms with Gasteiger partial charge in [-0.3, -0.25) is 14.9 Å². The maximum absolute atomic E-state index is 13.9. The van der Waals surface area contributed by atoms with E-state index in [0.29, 0.717) is 19.8 Å². The number of carbonyl (C=O) groups is 3. The van der Waals surface area contributed by atoms with Gasteiger partial charge in [-0.1, -0.05) is 39.8 Å². The fraction of sp³-hybridized carbons (Fsp3) is 0.540. The SMILES string of the molecule is COCNC(C(=O)N1CCCC1c1nc2ccc(C3CCC(c4ccc5nc(C6CCCN6C(=O)C(NC(=O)OC)C(C)C)[nH]c5c4)N3c3ccc(N4CCOCC4)cc3)cc2[nH]1)C(C)C. The van der Waals surface area contributed by atoms with Crippen LogP contribution in [-0.4, -0.2) is 120 Å². The predicted molar refractivity (Wildman–Crippen MR) is 254 cm³/mol. The van der Waals surface area contributed by atoms with Crippen molar-refractivity contribution in [3.8, 4) is 0 Å². The molecule has 6 unspecified atom stereocenters. The van der Waals surface area contributed by atoms with E-state index in [-0.39, 0.29) is 53.9 Å². The molecule has 16 nitrogen and oxygen atoms in total. The van der Waals surface area contributed by atoms with E-state index in [0.717, 1.165) is 104 Å². The van der Waals surface area contributed by atoms with E-state index in [1.54, 1.807) is 7.11 Å². The number of nitrogens with zero attached hydrogens (tertiary/aromatic N) is 6. The number of fused-ring (bicyclic) bond motifs is 2. The number of ether oxygens (including phenoxy) is 3. The molecule has 0 bridgehead atoms. The van der Waals surface area contributed by atoms with Gasteiger partial charge in [0.15, 0.2) is 0 Å². The van der Waals surface area contributed by atoms with E-state index >= 15 is 0 Å². The number of morpholine rings is 1. The number of hydrogen-bond donors (Lipinski definition) is 4. The Morgan fingerprint density at radius 2 is 1.20 bits per heavy atom. The van der Waals surface area contributed by atoms with Crippen LogP contribution in [0.3, 0.4) is 0 Å². The number of imidazole rings is 2. The first-order valence-corrected chi connectivity index (χ1v) is 23.9. The van der Waals surface area contributed by atoms with Crippen LogP contribution in [0.4, 0.5) is 16.2 Å². The van der Waals surface area contributed by atoms with Gasteiger partial charge >= 0.3 is 6.09 Å². The lowest BCUT2D eigenvalue weighted by molar-refractivity contribution is -0.136. The van der Waals surface area contributed by atoms with Crippen LogP contribution >= 0.6 is 0 Å². The molecule has 4 N–H and O–H groups in total. The lowest BCUT2D eigenvalue weighted by atomic mass is 10.0. The second-order valence-electron chi connectivity index (χ2n) is 19.0. The molecule has 5 aromatic rings. The van der Waals surface area contributed by atoms with Crippen molar-refractivity contribution in [3.05, 3.63) is 83.4 Å². The monoisotopic (exact) mass is 903 g/mol. The largest absolute Gasteiger partial charge is 0.453 e. The Morgan fingerprint density at radius 1 is 0.682 bits per heavy atom. The van der Waals surface area contributed by atoms with Crippen molar-refractivity contribution in [2.24, 2.45) is 11.8 Å². The van der Waals surface area contributed by atoms with Crippen LogP contribution in [0.15, 0.2) is 60.7 Å². The van der Waals surface area contributed by atoms with Crippen molar-refractivity contribution in [2.45, 2.75) is 102 Å². The molecule has 2 aromatic heterocycles. The summed E-state index contributed by atoms with van der Waals surface area (Å²) in [6, 6.07) is 20.9. The molecule has 6 atom stereocenters. The van der Waals surface area contributed by atoms with Gasteiger partial charge in [0.05, 0.1) is 79.3 Å². The number of likely N-dealkylation sites (tertiary alicyclic amines) is 2. The molecule has 352 valence electrons. The van der Waals surface area contributed by atoms with Gasteiger partial charge in [0, 0.05) is 44.7 Å². The number of methoxy groups -OCH3 is 2. The second kappa shape index (κ2) is 19.6. The number of carbonyl (C=O) groups excluding carboxylic acids is 3. The van der Waals surface area contributed by atoms with Crippen LogP contribution in [0.25, 0.3) is 22.1 Å². The van der Waals surface area contributed by atoms with Gasteiger partial charge < -0.3 is 49.1 Å². The van der Waals surface area contributed by atoms with Gasteiger partial charge in [-0.2, -0.15) is 0 Å². The molecule has 16 heteroatoms. The molecule has 0 aliphatic carbocycles. The first-order valence-electron chi connectivity index (χ1n) is 23.9. The molecular weight excluding hydrogens is 837 g/mol. The fourth-order valence-corrected chi connectivity index (χ4v) is 10.8. The smallest absolute Gasteiger partial charge is 0.407 e. The minimum absolute atomic E-state index is 0.0767. The Kier molecular flexibility index (Phi) is 13.5. The lowest BCUT2D eigenvalue weighted by Crippen LogP contribution is -2.51. The molecule has 0 saturated carbocycles. The van der Waals surface area contributed by atoms with Crippen LogP contribution in [0.2, 0.25) is 0 Å². The van der Waals surface area contributed by atoms with Gasteiger partial charge in [-0.15, -0.1) is 0 Å². The number of H-pyrrole nitrogens is 2. The summed E-state index contributed by atoms with van der Waals surface area (Å²) in [5.41, 5.74) is 8.39. The van der Waals surface area contributed by atoms with Crippen LogP contribution in [0, 0.1) is 11.8 Å². The molecule has 9 rings (SSSR count). The Labute approximate surface area is 387 Å². The predicted octanol–water partition coefficient (Wildman–Crippen LogP) is 7.28. The molecule has 4 saturated heterocycles. The third-order valence-electron chi connectivity index (χ3n) is 14.2. The summed E-state index contributed by atoms with van der Waals surface area (Å²) in [4.78, 5) is 66.3. The molecule has 3 amide bonds. The maximum Gasteiger partial charge on any atom is 0.407 e. The zero-order valence-electron chi connectivity index (χ0n) is 39.2. The zero-order chi connectivity index (χ0) is 46.1. The third kappa shape index (κ3) is 9.06. The van der Waals surface area contributed by atoms with E-state index in [2.05, 4.69) is 105 Å². The van der Waals surface area contributed by atoms with Crippen molar-refractivity contribution in [2.75, 3.05) is 70.1 Å². The highest BCUT2D eigenvalue weighted by molar-refractivity contribution is 5.87. The number of hydrogen-bond acceptors (Lipinski definition) is 11. The third-order valence-corrected chi connectivity index (χ3v) is 14.2. The van der Waals surface area contributed by atoms with E-state index < -0.39 is 12.1 Å². The molecule has 0 spiro atoms. The van der Waals surface area contributed by atoms with Crippen molar-refractivity contribution < 1.29 is 28.6 Å². The number of anilines is 2. The number of alkyl carbamates (subject to hydrolysis) is 1. The minimum atomic E-state index is -0.700. The number of amides is 3. The average Bonchev–Trinajstić information content (AvgIpc) is 4.19. The van der Waals surface area contributed by atoms with Gasteiger partial charge in [0.25, 0.3) is 0 Å². The molecular formula is C50H66N10O6. The van der Waals surface area contributed by atoms with Crippen molar-refractivity contribution in [1.82, 2.24) is 40.4 Å². The summed E-state index contributed by atoms with van der Waals surface area (Å²) >= 11 is 0. The van der Waals surface area contributed by atoms with Crippen LogP contribution in [0.1, 0.15) is 113 Å². The van der Waals surface area contributed by atoms with E-state index in [1.165, 1.54) is 23.9 Å². The molecule has 4 fully saturated rings. The number of rotatable bonds is 14. The molecule has 0 radical (unpaired) electrons. The van der Waals surface area contributed by atoms with Crippen LogP contribution in [-0.2, 0) is 23.8 Å². The molecule has 4 aliphatic rings. The fourth-order valence-electron chi connectivity index (χ4n) is 10.8. The molecule has 66 heavy (non-hydrogen) atoms. The second-order valence-corrected chi connectivity index (χ2v) is 19.0. The highest BCUT2D eigenvalue weighted by atomic mass is 16.5. The Balaban J connectivity index is 1.01. The van der Waals surface area contributed by atoms with Crippen molar-refractivity contribution in [3.63, 3.8) is 0 Å². The first-order chi connectivity index (χ1) is 32.0. The van der Waals surface area contributed by atoms with Gasteiger partial charge in [-0.25, -0.2) is 14.8 Å². The zero-order valence-corrected chi connectivity index (χ0v) is 39.2. The summed E-state index contributed by atoms with van der Waals surface area (Å²) in [7, 11) is 2.94. The summed E-state index contributed by atoms with van der Waals surface area (Å²) in [5.74, 6) is 1.54. The topological polar surface area (TPSA) is 173 Å². The highest BCUT2D eigenvalue weighted by Crippen LogP contribution is 2.48. The number of nitrogens with one attached hydrogen (secondary N) is 4. The summed E-state index contributed by atoms with van der Waals surface area (Å²) < 4.78 is 15.8. The molecule has 3 aromatic carbocycles. The standard InChI is InChI=1S/C50H66N10O6/c1-30(2)44(51-29-64-5)48(61)58-21-7-9-42(58)46-52-36-17-11-32(27-38(36)54-46)40-19-20-41(60(40)35-15-13-34(14-16-35)57-23-25-66-26-24-57)33-12-18-37-39(28-33)55-47(53-37)43-10-8-22-59(43)49(62)45(31(3)4)56-50(63)65-6/h11-18,27-28,30-31,40-45,51H,7-10,19-26,29H2,1-6H3,(H,52,54)(H,53,55)(H,56,63). The van der Waals surface area contributed by atoms with Gasteiger partial charge in [0.1, 0.15) is 17.7 Å². The summed E-state index contributed by atoms with van der Waals surface area (Å²) in [6.07, 6.45) is 4.68. The van der Waals surface area contributed by atoms with E-state index in [1.807, 2.05) is 23.6 Å². The van der Waals surface area contributed by atoms with E-state index in [4.69, 9.17) is 24.2 Å². The Bertz CT molecular complexity index is 2500. The average molecular weight is 903 g/mol. The normalized spacial score (nSPS) is 22.3. The Morgan fingerprint density at radius 3 is 1.70 bits per heavy atom. The summed E-state index contributed by atoms with van der Waals surface area (Å²) in [5, 5.41) is 6.04. The van der Waals surface area contributed by atoms with E-state index in [9.17, 15) is 14.4 Å². The van der Waals surface area contributed by atoms with Gasteiger partial charge in [0.2, 0.25) is 11.8 Å². The lowest BCUT2D eigenvalue weighted by Gasteiger charge is -2.34. The Hall–Kier alpha value is -5.71. The van der Waals surface area contributed by atoms with Crippen LogP contribution in [0.5, 0.6) is 0 Å². The number of aromatic nitrogens is 4. The molecule has 4 aliphatic heterocycles.